The van der Waals surface area contributed by atoms with E-state index in [1.165, 1.54) is 11.1 Å². The number of benzene rings is 2. The molecule has 30 heavy (non-hydrogen) atoms. The van der Waals surface area contributed by atoms with Gasteiger partial charge in [0.25, 0.3) is 0 Å². The van der Waals surface area contributed by atoms with Crippen LogP contribution in [0.25, 0.3) is 10.4 Å². The van der Waals surface area contributed by atoms with E-state index in [1.54, 1.807) is 6.92 Å². The molecule has 0 fully saturated rings. The number of carboxylic acid groups (broad SMARTS) is 2. The first-order valence-corrected chi connectivity index (χ1v) is 10.4. The molecule has 154 valence electrons. The molecule has 4 rings (SSSR count). The Hall–Kier alpha value is -3.32. The van der Waals surface area contributed by atoms with Crippen LogP contribution in [0.3, 0.4) is 0 Å². The van der Waals surface area contributed by atoms with Crippen molar-refractivity contribution in [1.82, 2.24) is 0 Å². The summed E-state index contributed by atoms with van der Waals surface area (Å²) in [5, 5.41) is 22.0. The molecule has 0 spiro atoms. The first-order valence-electron chi connectivity index (χ1n) is 9.57. The molecule has 1 aromatic heterocycles. The van der Waals surface area contributed by atoms with Gasteiger partial charge in [0.15, 0.2) is 11.5 Å². The molecule has 0 bridgehead atoms. The van der Waals surface area contributed by atoms with E-state index in [0.29, 0.717) is 11.6 Å². The second kappa shape index (κ2) is 8.20. The number of ether oxygens (including phenoxy) is 1. The third kappa shape index (κ3) is 4.02. The number of carboxylic acids is 2. The first-order chi connectivity index (χ1) is 14.4. The molecule has 7 heteroatoms. The van der Waals surface area contributed by atoms with Crippen molar-refractivity contribution in [3.8, 4) is 16.2 Å². The lowest BCUT2D eigenvalue weighted by Gasteiger charge is -2.14. The number of hydrogen-bond donors (Lipinski definition) is 3. The number of thiophene rings is 1. The second-order valence-corrected chi connectivity index (χ2v) is 8.32. The molecule has 0 unspecified atom stereocenters. The van der Waals surface area contributed by atoms with Crippen molar-refractivity contribution >= 4 is 29.0 Å². The van der Waals surface area contributed by atoms with Crippen molar-refractivity contribution in [1.29, 1.82) is 0 Å². The highest BCUT2D eigenvalue weighted by atomic mass is 32.1. The van der Waals surface area contributed by atoms with Gasteiger partial charge < -0.3 is 20.3 Å². The standard InChI is InChI=1S/C23H21NO5S/c1-13-20(29-12-19(25)26)22(23(27)28)30-21(13)16-7-4-8-17(11-16)24-18-9-14-5-2-3-6-15(14)10-18/h2-8,11,18,24H,9-10,12H2,1H3,(H,25,26)(H,27,28). The maximum Gasteiger partial charge on any atom is 0.349 e. The summed E-state index contributed by atoms with van der Waals surface area (Å²) >= 11 is 1.09. The Bertz CT molecular complexity index is 1100. The van der Waals surface area contributed by atoms with E-state index >= 15 is 0 Å². The molecule has 3 aromatic rings. The van der Waals surface area contributed by atoms with Crippen LogP contribution in [0.15, 0.2) is 48.5 Å². The predicted octanol–water partition coefficient (Wildman–Crippen LogP) is 4.46. The molecule has 0 saturated carbocycles. The minimum atomic E-state index is -1.15. The number of aliphatic carboxylic acids is 1. The van der Waals surface area contributed by atoms with E-state index < -0.39 is 18.5 Å². The van der Waals surface area contributed by atoms with Gasteiger partial charge in [-0.25, -0.2) is 9.59 Å². The van der Waals surface area contributed by atoms with Crippen LogP contribution in [0.2, 0.25) is 0 Å². The minimum absolute atomic E-state index is 0.00774. The highest BCUT2D eigenvalue weighted by molar-refractivity contribution is 7.18. The molecule has 1 aliphatic carbocycles. The number of anilines is 1. The van der Waals surface area contributed by atoms with E-state index in [1.807, 2.05) is 24.3 Å². The fourth-order valence-electron chi connectivity index (χ4n) is 3.87. The molecule has 0 radical (unpaired) electrons. The van der Waals surface area contributed by atoms with E-state index in [-0.39, 0.29) is 10.6 Å². The Kier molecular flexibility index (Phi) is 5.46. The van der Waals surface area contributed by atoms with Gasteiger partial charge in [-0.05, 0) is 48.6 Å². The largest absolute Gasteiger partial charge is 0.480 e. The summed E-state index contributed by atoms with van der Waals surface area (Å²) in [6, 6.07) is 16.6. The topological polar surface area (TPSA) is 95.9 Å². The van der Waals surface area contributed by atoms with Gasteiger partial charge in [-0.15, -0.1) is 11.3 Å². The molecular formula is C23H21NO5S. The number of carbonyl (C=O) groups is 2. The van der Waals surface area contributed by atoms with Crippen molar-refractivity contribution in [3.63, 3.8) is 0 Å². The van der Waals surface area contributed by atoms with Gasteiger partial charge in [0, 0.05) is 22.2 Å². The Balaban J connectivity index is 1.59. The Morgan fingerprint density at radius 3 is 2.43 bits per heavy atom. The zero-order valence-corrected chi connectivity index (χ0v) is 17.2. The molecule has 1 aliphatic rings. The Morgan fingerprint density at radius 1 is 1.10 bits per heavy atom. The van der Waals surface area contributed by atoms with Crippen LogP contribution in [-0.2, 0) is 17.6 Å². The maximum absolute atomic E-state index is 11.6. The van der Waals surface area contributed by atoms with Crippen LogP contribution in [0.1, 0.15) is 26.4 Å². The zero-order valence-electron chi connectivity index (χ0n) is 16.3. The van der Waals surface area contributed by atoms with Crippen LogP contribution >= 0.6 is 11.3 Å². The van der Waals surface area contributed by atoms with E-state index in [4.69, 9.17) is 9.84 Å². The highest BCUT2D eigenvalue weighted by Crippen LogP contribution is 2.42. The summed E-state index contributed by atoms with van der Waals surface area (Å²) in [6.07, 6.45) is 1.93. The van der Waals surface area contributed by atoms with Gasteiger partial charge in [-0.1, -0.05) is 36.4 Å². The summed E-state index contributed by atoms with van der Waals surface area (Å²) in [5.74, 6) is -2.16. The average molecular weight is 423 g/mol. The molecule has 0 saturated heterocycles. The van der Waals surface area contributed by atoms with Gasteiger partial charge in [-0.2, -0.15) is 0 Å². The lowest BCUT2D eigenvalue weighted by molar-refractivity contribution is -0.139. The number of fused-ring (bicyclic) bond motifs is 1. The highest BCUT2D eigenvalue weighted by Gasteiger charge is 2.24. The fraction of sp³-hybridized carbons (Fsp3) is 0.217. The van der Waals surface area contributed by atoms with Crippen molar-refractivity contribution in [2.75, 3.05) is 11.9 Å². The summed E-state index contributed by atoms with van der Waals surface area (Å²) in [4.78, 5) is 23.3. The van der Waals surface area contributed by atoms with Crippen LogP contribution in [0.5, 0.6) is 5.75 Å². The van der Waals surface area contributed by atoms with Crippen molar-refractivity contribution in [2.45, 2.75) is 25.8 Å². The SMILES string of the molecule is Cc1c(-c2cccc(NC3Cc4ccccc4C3)c2)sc(C(=O)O)c1OCC(=O)O. The second-order valence-electron chi connectivity index (χ2n) is 7.30. The van der Waals surface area contributed by atoms with Crippen LogP contribution in [0, 0.1) is 6.92 Å². The molecule has 0 amide bonds. The first kappa shape index (κ1) is 20.0. The monoisotopic (exact) mass is 423 g/mol. The van der Waals surface area contributed by atoms with Gasteiger partial charge in [0.05, 0.1) is 0 Å². The zero-order chi connectivity index (χ0) is 21.3. The molecular weight excluding hydrogens is 402 g/mol. The average Bonchev–Trinajstić information content (AvgIpc) is 3.26. The minimum Gasteiger partial charge on any atom is -0.480 e. The van der Waals surface area contributed by atoms with Crippen LogP contribution in [0.4, 0.5) is 5.69 Å². The third-order valence-corrected chi connectivity index (χ3v) is 6.48. The normalized spacial score (nSPS) is 13.1. The Labute approximate surface area is 177 Å². The smallest absolute Gasteiger partial charge is 0.349 e. The van der Waals surface area contributed by atoms with E-state index in [9.17, 15) is 14.7 Å². The lowest BCUT2D eigenvalue weighted by Crippen LogP contribution is -2.19. The summed E-state index contributed by atoms with van der Waals surface area (Å²) in [5.41, 5.74) is 5.19. The Morgan fingerprint density at radius 2 is 1.80 bits per heavy atom. The molecule has 1 heterocycles. The van der Waals surface area contributed by atoms with Gasteiger partial charge in [0.2, 0.25) is 0 Å². The van der Waals surface area contributed by atoms with Gasteiger partial charge in [-0.3, -0.25) is 0 Å². The summed E-state index contributed by atoms with van der Waals surface area (Å²) < 4.78 is 5.28. The molecule has 0 aliphatic heterocycles. The van der Waals surface area contributed by atoms with Crippen molar-refractivity contribution in [2.24, 2.45) is 0 Å². The number of aromatic carboxylic acids is 1. The maximum atomic E-state index is 11.6. The summed E-state index contributed by atoms with van der Waals surface area (Å²) in [6.45, 7) is 1.17. The molecule has 6 nitrogen and oxygen atoms in total. The van der Waals surface area contributed by atoms with Crippen molar-refractivity contribution in [3.05, 3.63) is 70.1 Å². The molecule has 2 aromatic carbocycles. The quantitative estimate of drug-likeness (QED) is 0.519. The van der Waals surface area contributed by atoms with E-state index in [2.05, 4.69) is 29.6 Å². The predicted molar refractivity (Wildman–Crippen MR) is 116 cm³/mol. The number of rotatable bonds is 7. The van der Waals surface area contributed by atoms with Gasteiger partial charge >= 0.3 is 11.9 Å². The van der Waals surface area contributed by atoms with Gasteiger partial charge in [0.1, 0.15) is 5.75 Å². The summed E-state index contributed by atoms with van der Waals surface area (Å²) in [7, 11) is 0. The molecule has 3 N–H and O–H groups in total. The number of nitrogens with one attached hydrogen (secondary N) is 1. The lowest BCUT2D eigenvalue weighted by atomic mass is 10.1. The van der Waals surface area contributed by atoms with Crippen LogP contribution < -0.4 is 10.1 Å². The third-order valence-electron chi connectivity index (χ3n) is 5.17. The molecule has 0 atom stereocenters. The number of hydrogen-bond acceptors (Lipinski definition) is 5. The van der Waals surface area contributed by atoms with E-state index in [0.717, 1.165) is 40.3 Å². The fourth-order valence-corrected chi connectivity index (χ4v) is 4.96. The van der Waals surface area contributed by atoms with Crippen LogP contribution in [-0.4, -0.2) is 34.8 Å². The van der Waals surface area contributed by atoms with Crippen molar-refractivity contribution < 1.29 is 24.5 Å².